The van der Waals surface area contributed by atoms with Crippen LogP contribution in [0, 0.1) is 11.3 Å². The van der Waals surface area contributed by atoms with Gasteiger partial charge in [0.05, 0.1) is 23.4 Å². The Morgan fingerprint density at radius 3 is 2.93 bits per heavy atom. The van der Waals surface area contributed by atoms with Gasteiger partial charge in [0.2, 0.25) is 12.7 Å². The minimum atomic E-state index is -0.206. The maximum Gasteiger partial charge on any atom is 0.234 e. The molecular weight excluding hydrogens is 390 g/mol. The van der Waals surface area contributed by atoms with Crippen LogP contribution in [0.25, 0.3) is 10.9 Å². The van der Waals surface area contributed by atoms with E-state index in [1.165, 1.54) is 11.8 Å². The zero-order chi connectivity index (χ0) is 20.2. The summed E-state index contributed by atoms with van der Waals surface area (Å²) in [7, 11) is 0. The molecule has 1 N–H and O–H groups in total. The molecule has 3 aromatic rings. The van der Waals surface area contributed by atoms with Crippen molar-refractivity contribution in [2.75, 3.05) is 24.5 Å². The summed E-state index contributed by atoms with van der Waals surface area (Å²) in [6.07, 6.45) is 0. The summed E-state index contributed by atoms with van der Waals surface area (Å²) in [4.78, 5) is 16.9. The number of carbonyl (C=O) groups is 1. The number of pyridine rings is 1. The fraction of sp³-hybridized carbons (Fsp3) is 0.190. The average Bonchev–Trinajstić information content (AvgIpc) is 3.19. The molecule has 0 unspecified atom stereocenters. The third-order valence-corrected chi connectivity index (χ3v) is 5.17. The first kappa shape index (κ1) is 18.9. The second-order valence-electron chi connectivity index (χ2n) is 6.15. The highest BCUT2D eigenvalue weighted by atomic mass is 32.2. The number of anilines is 1. The zero-order valence-corrected chi connectivity index (χ0v) is 16.4. The Hall–Kier alpha value is -3.44. The predicted molar refractivity (Wildman–Crippen MR) is 110 cm³/mol. The molecule has 4 rings (SSSR count). The lowest BCUT2D eigenvalue weighted by Gasteiger charge is -2.09. The lowest BCUT2D eigenvalue weighted by molar-refractivity contribution is -0.113. The summed E-state index contributed by atoms with van der Waals surface area (Å²) in [5.74, 6) is 1.88. The van der Waals surface area contributed by atoms with Crippen molar-refractivity contribution < 1.29 is 19.0 Å². The van der Waals surface area contributed by atoms with Crippen molar-refractivity contribution in [2.45, 2.75) is 11.9 Å². The summed E-state index contributed by atoms with van der Waals surface area (Å²) < 4.78 is 16.1. The van der Waals surface area contributed by atoms with E-state index in [0.29, 0.717) is 45.6 Å². The van der Waals surface area contributed by atoms with Crippen LogP contribution in [0.2, 0.25) is 0 Å². The lowest BCUT2D eigenvalue weighted by Crippen LogP contribution is -2.14. The summed E-state index contributed by atoms with van der Waals surface area (Å²) in [6, 6.07) is 14.7. The van der Waals surface area contributed by atoms with Gasteiger partial charge in [-0.2, -0.15) is 5.26 Å². The van der Waals surface area contributed by atoms with Gasteiger partial charge in [-0.15, -0.1) is 0 Å². The first-order chi connectivity index (χ1) is 14.2. The van der Waals surface area contributed by atoms with E-state index in [0.717, 1.165) is 5.39 Å². The largest absolute Gasteiger partial charge is 0.494 e. The van der Waals surface area contributed by atoms with Crippen molar-refractivity contribution in [3.63, 3.8) is 0 Å². The number of fused-ring (bicyclic) bond motifs is 2. The Labute approximate surface area is 171 Å². The van der Waals surface area contributed by atoms with Gasteiger partial charge in [0.25, 0.3) is 0 Å². The SMILES string of the molecule is CCOc1ccc2cc(C#N)c(SCC(=O)Nc3ccc4c(c3)OCO4)nc2c1. The van der Waals surface area contributed by atoms with Crippen molar-refractivity contribution in [1.29, 1.82) is 5.26 Å². The smallest absolute Gasteiger partial charge is 0.234 e. The van der Waals surface area contributed by atoms with E-state index < -0.39 is 0 Å². The normalized spacial score (nSPS) is 11.9. The second-order valence-corrected chi connectivity index (χ2v) is 7.11. The van der Waals surface area contributed by atoms with Gasteiger partial charge in [-0.25, -0.2) is 4.98 Å². The van der Waals surface area contributed by atoms with E-state index in [2.05, 4.69) is 16.4 Å². The summed E-state index contributed by atoms with van der Waals surface area (Å²) >= 11 is 1.22. The van der Waals surface area contributed by atoms with Gasteiger partial charge < -0.3 is 19.5 Å². The molecule has 0 radical (unpaired) electrons. The summed E-state index contributed by atoms with van der Waals surface area (Å²) in [6.45, 7) is 2.65. The number of aromatic nitrogens is 1. The molecule has 1 amide bonds. The molecule has 2 aromatic carbocycles. The van der Waals surface area contributed by atoms with Gasteiger partial charge in [0.15, 0.2) is 11.5 Å². The fourth-order valence-electron chi connectivity index (χ4n) is 2.88. The Morgan fingerprint density at radius 1 is 1.24 bits per heavy atom. The molecule has 7 nitrogen and oxygen atoms in total. The number of amides is 1. The van der Waals surface area contributed by atoms with Gasteiger partial charge in [-0.3, -0.25) is 4.79 Å². The van der Waals surface area contributed by atoms with Crippen LogP contribution >= 0.6 is 11.8 Å². The molecule has 0 bridgehead atoms. The van der Waals surface area contributed by atoms with Crippen LogP contribution in [-0.4, -0.2) is 30.0 Å². The Bertz CT molecular complexity index is 1130. The first-order valence-corrected chi connectivity index (χ1v) is 9.95. The molecule has 0 aliphatic carbocycles. The number of nitriles is 1. The van der Waals surface area contributed by atoms with E-state index in [4.69, 9.17) is 14.2 Å². The van der Waals surface area contributed by atoms with Crippen LogP contribution < -0.4 is 19.5 Å². The van der Waals surface area contributed by atoms with Crippen LogP contribution in [0.5, 0.6) is 17.2 Å². The average molecular weight is 407 g/mol. The van der Waals surface area contributed by atoms with Crippen molar-refractivity contribution in [3.05, 3.63) is 48.0 Å². The number of benzene rings is 2. The van der Waals surface area contributed by atoms with Gasteiger partial charge in [-0.1, -0.05) is 11.8 Å². The van der Waals surface area contributed by atoms with Gasteiger partial charge >= 0.3 is 0 Å². The van der Waals surface area contributed by atoms with E-state index in [1.807, 2.05) is 25.1 Å². The minimum Gasteiger partial charge on any atom is -0.494 e. The summed E-state index contributed by atoms with van der Waals surface area (Å²) in [5, 5.41) is 13.6. The van der Waals surface area contributed by atoms with Crippen LogP contribution in [0.15, 0.2) is 47.5 Å². The van der Waals surface area contributed by atoms with E-state index in [9.17, 15) is 10.1 Å². The van der Waals surface area contributed by atoms with Gasteiger partial charge in [-0.05, 0) is 37.3 Å². The van der Waals surface area contributed by atoms with E-state index >= 15 is 0 Å². The van der Waals surface area contributed by atoms with Crippen LogP contribution in [0.4, 0.5) is 5.69 Å². The van der Waals surface area contributed by atoms with Crippen molar-refractivity contribution in [2.24, 2.45) is 0 Å². The Kier molecular flexibility index (Phi) is 5.40. The molecular formula is C21H17N3O4S. The van der Waals surface area contributed by atoms with Crippen LogP contribution in [0.3, 0.4) is 0 Å². The fourth-order valence-corrected chi connectivity index (χ4v) is 3.64. The highest BCUT2D eigenvalue weighted by Crippen LogP contribution is 2.34. The van der Waals surface area contributed by atoms with E-state index in [-0.39, 0.29) is 18.5 Å². The molecule has 1 aliphatic rings. The number of nitrogens with one attached hydrogen (secondary N) is 1. The number of ether oxygens (including phenoxy) is 3. The highest BCUT2D eigenvalue weighted by molar-refractivity contribution is 8.00. The molecule has 0 saturated heterocycles. The third kappa shape index (κ3) is 4.20. The van der Waals surface area contributed by atoms with Crippen molar-refractivity contribution in [3.8, 4) is 23.3 Å². The molecule has 0 saturated carbocycles. The van der Waals surface area contributed by atoms with Crippen LogP contribution in [0.1, 0.15) is 12.5 Å². The second kappa shape index (κ2) is 8.29. The Balaban J connectivity index is 1.47. The number of carbonyl (C=O) groups excluding carboxylic acids is 1. The highest BCUT2D eigenvalue weighted by Gasteiger charge is 2.15. The van der Waals surface area contributed by atoms with E-state index in [1.54, 1.807) is 24.3 Å². The Morgan fingerprint density at radius 2 is 2.10 bits per heavy atom. The maximum absolute atomic E-state index is 12.4. The number of nitrogens with zero attached hydrogens (tertiary/aromatic N) is 2. The third-order valence-electron chi connectivity index (χ3n) is 4.18. The molecule has 29 heavy (non-hydrogen) atoms. The standard InChI is InChI=1S/C21H17N3O4S/c1-2-26-16-5-3-13-7-14(10-22)21(24-17(13)9-16)29-11-20(25)23-15-4-6-18-19(8-15)28-12-27-18/h3-9H,2,11-12H2,1H3,(H,23,25). The number of thioether (sulfide) groups is 1. The molecule has 1 aromatic heterocycles. The monoisotopic (exact) mass is 407 g/mol. The topological polar surface area (TPSA) is 93.5 Å². The molecule has 0 fully saturated rings. The maximum atomic E-state index is 12.4. The number of hydrogen-bond donors (Lipinski definition) is 1. The molecule has 8 heteroatoms. The molecule has 0 spiro atoms. The number of rotatable bonds is 6. The number of hydrogen-bond acceptors (Lipinski definition) is 7. The quantitative estimate of drug-likeness (QED) is 0.618. The van der Waals surface area contributed by atoms with Gasteiger partial charge in [0.1, 0.15) is 16.8 Å². The van der Waals surface area contributed by atoms with Gasteiger partial charge in [0, 0.05) is 23.2 Å². The zero-order valence-electron chi connectivity index (χ0n) is 15.6. The van der Waals surface area contributed by atoms with Crippen molar-refractivity contribution in [1.82, 2.24) is 4.98 Å². The lowest BCUT2D eigenvalue weighted by atomic mass is 10.1. The molecule has 2 heterocycles. The summed E-state index contributed by atoms with van der Waals surface area (Å²) in [5.41, 5.74) is 1.77. The molecule has 0 atom stereocenters. The van der Waals surface area contributed by atoms with Crippen LogP contribution in [-0.2, 0) is 4.79 Å². The first-order valence-electron chi connectivity index (χ1n) is 8.96. The molecule has 146 valence electrons. The minimum absolute atomic E-state index is 0.118. The predicted octanol–water partition coefficient (Wildman–Crippen LogP) is 3.96. The van der Waals surface area contributed by atoms with Crippen molar-refractivity contribution >= 4 is 34.3 Å². The molecule has 1 aliphatic heterocycles.